The van der Waals surface area contributed by atoms with E-state index in [4.69, 9.17) is 0 Å². The van der Waals surface area contributed by atoms with E-state index in [0.717, 1.165) is 5.75 Å². The Morgan fingerprint density at radius 1 is 1.25 bits per heavy atom. The van der Waals surface area contributed by atoms with Crippen LogP contribution in [0.25, 0.3) is 0 Å². The number of nitrogens with one attached hydrogen (secondary N) is 2. The van der Waals surface area contributed by atoms with Crippen LogP contribution in [0.3, 0.4) is 0 Å². The summed E-state index contributed by atoms with van der Waals surface area (Å²) in [6.07, 6.45) is 0. The highest BCUT2D eigenvalue weighted by Crippen LogP contribution is 2.31. The summed E-state index contributed by atoms with van der Waals surface area (Å²) in [5, 5.41) is 5.34. The Labute approximate surface area is 124 Å². The van der Waals surface area contributed by atoms with Gasteiger partial charge in [0.2, 0.25) is 11.8 Å². The molecule has 1 atom stereocenters. The summed E-state index contributed by atoms with van der Waals surface area (Å²) < 4.78 is -0.401. The van der Waals surface area contributed by atoms with Gasteiger partial charge in [-0.2, -0.15) is 0 Å². The third kappa shape index (κ3) is 4.89. The van der Waals surface area contributed by atoms with Crippen molar-refractivity contribution in [2.75, 3.05) is 7.05 Å². The minimum absolute atomic E-state index is 0.175. The molecule has 1 rings (SSSR count). The largest absolute Gasteiger partial charge is 0.357 e. The monoisotopic (exact) mass is 294 g/mol. The summed E-state index contributed by atoms with van der Waals surface area (Å²) in [4.78, 5) is 23.3. The van der Waals surface area contributed by atoms with Gasteiger partial charge in [0, 0.05) is 24.5 Å². The molecule has 1 unspecified atom stereocenters. The molecule has 0 heterocycles. The van der Waals surface area contributed by atoms with Crippen molar-refractivity contribution in [3.63, 3.8) is 0 Å². The van der Waals surface area contributed by atoms with Gasteiger partial charge in [-0.15, -0.1) is 11.8 Å². The molecule has 0 saturated carbocycles. The number of benzene rings is 1. The van der Waals surface area contributed by atoms with E-state index in [2.05, 4.69) is 22.8 Å². The number of likely N-dealkylation sites (N-methyl/N-ethyl adjacent to an activating group) is 1. The topological polar surface area (TPSA) is 58.2 Å². The highest BCUT2D eigenvalue weighted by atomic mass is 32.2. The maximum atomic E-state index is 12.0. The lowest BCUT2D eigenvalue weighted by Crippen LogP contribution is -2.55. The number of carbonyl (C=O) groups is 2. The zero-order valence-electron chi connectivity index (χ0n) is 12.4. The van der Waals surface area contributed by atoms with E-state index in [1.165, 1.54) is 12.5 Å². The molecule has 4 nitrogen and oxygen atoms in total. The first-order valence-electron chi connectivity index (χ1n) is 6.53. The molecule has 110 valence electrons. The van der Waals surface area contributed by atoms with Crippen molar-refractivity contribution >= 4 is 23.6 Å². The summed E-state index contributed by atoms with van der Waals surface area (Å²) in [5.41, 5.74) is 1.20. The lowest BCUT2D eigenvalue weighted by Gasteiger charge is -2.32. The van der Waals surface area contributed by atoms with Gasteiger partial charge < -0.3 is 10.6 Å². The van der Waals surface area contributed by atoms with E-state index < -0.39 is 10.8 Å². The molecule has 0 aliphatic carbocycles. The quantitative estimate of drug-likeness (QED) is 0.843. The van der Waals surface area contributed by atoms with Gasteiger partial charge in [0.1, 0.15) is 6.04 Å². The van der Waals surface area contributed by atoms with Gasteiger partial charge in [0.05, 0.1) is 0 Å². The first kappa shape index (κ1) is 16.6. The average molecular weight is 294 g/mol. The molecule has 0 spiro atoms. The molecule has 2 amide bonds. The molecule has 0 saturated heterocycles. The Bertz CT molecular complexity index is 460. The molecule has 1 aromatic carbocycles. The van der Waals surface area contributed by atoms with Gasteiger partial charge in [0.25, 0.3) is 0 Å². The maximum absolute atomic E-state index is 12.0. The predicted molar refractivity (Wildman–Crippen MR) is 83.5 cm³/mol. The molecule has 0 radical (unpaired) electrons. The number of carbonyl (C=O) groups excluding carboxylic acids is 2. The smallest absolute Gasteiger partial charge is 0.243 e. The molecular weight excluding hydrogens is 272 g/mol. The van der Waals surface area contributed by atoms with Crippen molar-refractivity contribution in [1.29, 1.82) is 0 Å². The van der Waals surface area contributed by atoms with E-state index in [0.29, 0.717) is 0 Å². The normalized spacial score (nSPS) is 12.6. The molecule has 0 bridgehead atoms. The third-order valence-corrected chi connectivity index (χ3v) is 4.46. The van der Waals surface area contributed by atoms with Crippen molar-refractivity contribution in [2.45, 2.75) is 37.3 Å². The molecule has 0 aromatic heterocycles. The van der Waals surface area contributed by atoms with Gasteiger partial charge in [-0.1, -0.05) is 30.3 Å². The highest BCUT2D eigenvalue weighted by Gasteiger charge is 2.35. The number of rotatable bonds is 6. The predicted octanol–water partition coefficient (Wildman–Crippen LogP) is 1.95. The minimum Gasteiger partial charge on any atom is -0.357 e. The zero-order chi connectivity index (χ0) is 15.2. The zero-order valence-corrected chi connectivity index (χ0v) is 13.2. The molecule has 2 N–H and O–H groups in total. The molecule has 1 aromatic rings. The van der Waals surface area contributed by atoms with E-state index in [1.54, 1.807) is 18.8 Å². The first-order valence-corrected chi connectivity index (χ1v) is 7.52. The summed E-state index contributed by atoms with van der Waals surface area (Å²) in [5.74, 6) is 0.415. The second-order valence-corrected chi connectivity index (χ2v) is 6.76. The van der Waals surface area contributed by atoms with Crippen LogP contribution in [0.1, 0.15) is 26.3 Å². The van der Waals surface area contributed by atoms with Gasteiger partial charge in [-0.3, -0.25) is 9.59 Å². The lowest BCUT2D eigenvalue weighted by molar-refractivity contribution is -0.128. The first-order chi connectivity index (χ1) is 9.36. The minimum atomic E-state index is -0.557. The Hall–Kier alpha value is -1.49. The SMILES string of the molecule is CNC(=O)C(NC(C)=O)C(C)(C)SCc1ccccc1. The number of hydrogen-bond acceptors (Lipinski definition) is 3. The molecule has 20 heavy (non-hydrogen) atoms. The van der Waals surface area contributed by atoms with E-state index in [9.17, 15) is 9.59 Å². The van der Waals surface area contributed by atoms with Crippen molar-refractivity contribution in [2.24, 2.45) is 0 Å². The maximum Gasteiger partial charge on any atom is 0.243 e. The van der Waals surface area contributed by atoms with Crippen LogP contribution in [-0.2, 0) is 15.3 Å². The van der Waals surface area contributed by atoms with E-state index >= 15 is 0 Å². The van der Waals surface area contributed by atoms with Crippen LogP contribution in [0.2, 0.25) is 0 Å². The fourth-order valence-corrected chi connectivity index (χ4v) is 2.89. The van der Waals surface area contributed by atoms with E-state index in [1.807, 2.05) is 32.0 Å². The average Bonchev–Trinajstić information content (AvgIpc) is 2.42. The molecule has 0 fully saturated rings. The van der Waals surface area contributed by atoms with Crippen LogP contribution in [0.15, 0.2) is 30.3 Å². The lowest BCUT2D eigenvalue weighted by atomic mass is 10.0. The molecule has 0 aliphatic rings. The Morgan fingerprint density at radius 2 is 1.85 bits per heavy atom. The standard InChI is InChI=1S/C15H22N2O2S/c1-11(18)17-13(14(19)16-4)15(2,3)20-10-12-8-6-5-7-9-12/h5-9,13H,10H2,1-4H3,(H,16,19)(H,17,18). The van der Waals surface area contributed by atoms with Crippen molar-refractivity contribution in [1.82, 2.24) is 10.6 Å². The van der Waals surface area contributed by atoms with Gasteiger partial charge >= 0.3 is 0 Å². The van der Waals surface area contributed by atoms with Gasteiger partial charge in [0.15, 0.2) is 0 Å². The molecule has 5 heteroatoms. The van der Waals surface area contributed by atoms with Gasteiger partial charge in [-0.05, 0) is 19.4 Å². The number of thioether (sulfide) groups is 1. The number of amides is 2. The molecular formula is C15H22N2O2S. The Morgan fingerprint density at radius 3 is 2.35 bits per heavy atom. The van der Waals surface area contributed by atoms with Crippen LogP contribution < -0.4 is 10.6 Å². The van der Waals surface area contributed by atoms with Crippen LogP contribution in [0.4, 0.5) is 0 Å². The van der Waals surface area contributed by atoms with Gasteiger partial charge in [-0.25, -0.2) is 0 Å². The highest BCUT2D eigenvalue weighted by molar-refractivity contribution is 7.99. The van der Waals surface area contributed by atoms with Crippen molar-refractivity contribution in [3.8, 4) is 0 Å². The van der Waals surface area contributed by atoms with Crippen LogP contribution in [0.5, 0.6) is 0 Å². The summed E-state index contributed by atoms with van der Waals surface area (Å²) in [7, 11) is 1.58. The fourth-order valence-electron chi connectivity index (χ4n) is 1.83. The number of hydrogen-bond donors (Lipinski definition) is 2. The van der Waals surface area contributed by atoms with Crippen LogP contribution in [-0.4, -0.2) is 29.7 Å². The summed E-state index contributed by atoms with van der Waals surface area (Å²) in [6.45, 7) is 5.36. The van der Waals surface area contributed by atoms with Crippen LogP contribution >= 0.6 is 11.8 Å². The Balaban J connectivity index is 2.76. The molecule has 0 aliphatic heterocycles. The van der Waals surface area contributed by atoms with Crippen molar-refractivity contribution in [3.05, 3.63) is 35.9 Å². The van der Waals surface area contributed by atoms with Crippen LogP contribution in [0, 0.1) is 0 Å². The summed E-state index contributed by atoms with van der Waals surface area (Å²) in [6, 6.07) is 9.51. The van der Waals surface area contributed by atoms with E-state index in [-0.39, 0.29) is 11.8 Å². The second-order valence-electron chi connectivity index (χ2n) is 5.13. The Kier molecular flexibility index (Phi) is 6.07. The second kappa shape index (κ2) is 7.33. The fraction of sp³-hybridized carbons (Fsp3) is 0.467. The third-order valence-electron chi connectivity index (χ3n) is 3.01. The van der Waals surface area contributed by atoms with Crippen molar-refractivity contribution < 1.29 is 9.59 Å². The summed E-state index contributed by atoms with van der Waals surface area (Å²) >= 11 is 1.65.